The van der Waals surface area contributed by atoms with Crippen molar-refractivity contribution in [3.63, 3.8) is 0 Å². The van der Waals surface area contributed by atoms with Gasteiger partial charge in [-0.15, -0.1) is 13.2 Å². The fraction of sp³-hybridized carbons (Fsp3) is 0.370. The van der Waals surface area contributed by atoms with E-state index in [1.165, 1.54) is 12.1 Å². The van der Waals surface area contributed by atoms with Gasteiger partial charge < -0.3 is 19.9 Å². The molecule has 0 spiro atoms. The molecule has 3 aromatic rings. The summed E-state index contributed by atoms with van der Waals surface area (Å²) in [6, 6.07) is 14.7. The smallest absolute Gasteiger partial charge is 0.406 e. The van der Waals surface area contributed by atoms with Crippen LogP contribution >= 0.6 is 0 Å². The lowest BCUT2D eigenvalue weighted by molar-refractivity contribution is -0.274. The molecule has 5 rings (SSSR count). The third kappa shape index (κ3) is 6.27. The van der Waals surface area contributed by atoms with Gasteiger partial charge in [0.25, 0.3) is 5.91 Å². The van der Waals surface area contributed by atoms with Gasteiger partial charge in [-0.2, -0.15) is 5.10 Å². The molecule has 2 fully saturated rings. The molecule has 1 aliphatic heterocycles. The van der Waals surface area contributed by atoms with Crippen molar-refractivity contribution in [2.24, 2.45) is 5.92 Å². The van der Waals surface area contributed by atoms with Crippen molar-refractivity contribution in [1.82, 2.24) is 14.7 Å². The first-order valence-corrected chi connectivity index (χ1v) is 12.5. The molecule has 2 aromatic carbocycles. The minimum Gasteiger partial charge on any atom is -0.406 e. The Bertz CT molecular complexity index is 1310. The number of carbonyl (C=O) groups is 2. The highest BCUT2D eigenvalue weighted by Gasteiger charge is 2.34. The van der Waals surface area contributed by atoms with Crippen LogP contribution in [0.3, 0.4) is 0 Å². The number of halogens is 3. The standard InChI is InChI=1S/C27H28F3N5O3/c1-18-15-24(25(36)31-21-7-9-23(10-8-21)38-27(28,29)30)32-35(18)17-19-3-2-4-22(16-19)33-11-13-34(14-12-33)26(37)20-5-6-20/h2-4,7-10,15-16,20H,5-6,11-14,17H2,1H3,(H,31,36). The highest BCUT2D eigenvalue weighted by molar-refractivity contribution is 6.02. The Morgan fingerprint density at radius 1 is 1.03 bits per heavy atom. The second-order valence-corrected chi connectivity index (χ2v) is 9.61. The average Bonchev–Trinajstić information content (AvgIpc) is 3.67. The molecule has 0 radical (unpaired) electrons. The van der Waals surface area contributed by atoms with Crippen LogP contribution in [0.2, 0.25) is 0 Å². The van der Waals surface area contributed by atoms with Crippen molar-refractivity contribution in [2.75, 3.05) is 36.4 Å². The summed E-state index contributed by atoms with van der Waals surface area (Å²) in [5, 5.41) is 7.08. The summed E-state index contributed by atoms with van der Waals surface area (Å²) in [5.74, 6) is -0.303. The van der Waals surface area contributed by atoms with E-state index in [0.29, 0.717) is 18.1 Å². The lowest BCUT2D eigenvalue weighted by Crippen LogP contribution is -2.49. The predicted molar refractivity (Wildman–Crippen MR) is 135 cm³/mol. The second kappa shape index (κ2) is 10.4. The summed E-state index contributed by atoms with van der Waals surface area (Å²) in [4.78, 5) is 29.3. The molecular weight excluding hydrogens is 499 g/mol. The molecular formula is C27H28F3N5O3. The number of nitrogens with zero attached hydrogens (tertiary/aromatic N) is 4. The molecule has 0 bridgehead atoms. The van der Waals surface area contributed by atoms with E-state index in [4.69, 9.17) is 0 Å². The number of rotatable bonds is 7. The molecule has 2 heterocycles. The van der Waals surface area contributed by atoms with Crippen LogP contribution < -0.4 is 15.0 Å². The predicted octanol–water partition coefficient (Wildman–Crippen LogP) is 4.45. The molecule has 1 N–H and O–H groups in total. The average molecular weight is 528 g/mol. The Morgan fingerprint density at radius 2 is 1.74 bits per heavy atom. The van der Waals surface area contributed by atoms with Crippen molar-refractivity contribution < 1.29 is 27.5 Å². The van der Waals surface area contributed by atoms with Crippen LogP contribution in [0.15, 0.2) is 54.6 Å². The van der Waals surface area contributed by atoms with Crippen molar-refractivity contribution >= 4 is 23.2 Å². The van der Waals surface area contributed by atoms with Gasteiger partial charge in [0.2, 0.25) is 5.91 Å². The summed E-state index contributed by atoms with van der Waals surface area (Å²) in [5.41, 5.74) is 3.43. The molecule has 1 saturated carbocycles. The maximum absolute atomic E-state index is 12.7. The minimum absolute atomic E-state index is 0.200. The molecule has 2 amide bonds. The van der Waals surface area contributed by atoms with Gasteiger partial charge in [-0.25, -0.2) is 0 Å². The fourth-order valence-electron chi connectivity index (χ4n) is 4.51. The third-order valence-corrected chi connectivity index (χ3v) is 6.69. The van der Waals surface area contributed by atoms with E-state index in [-0.39, 0.29) is 17.4 Å². The summed E-state index contributed by atoms with van der Waals surface area (Å²) < 4.78 is 42.6. The van der Waals surface area contributed by atoms with Crippen LogP contribution in [0.5, 0.6) is 5.75 Å². The first kappa shape index (κ1) is 25.6. The molecule has 38 heavy (non-hydrogen) atoms. The number of aryl methyl sites for hydroxylation is 1. The van der Waals surface area contributed by atoms with Gasteiger partial charge in [0.15, 0.2) is 5.69 Å². The molecule has 0 unspecified atom stereocenters. The minimum atomic E-state index is -4.78. The van der Waals surface area contributed by atoms with Crippen LogP contribution in [0.25, 0.3) is 0 Å². The van der Waals surface area contributed by atoms with Gasteiger partial charge in [-0.1, -0.05) is 12.1 Å². The number of piperazine rings is 1. The van der Waals surface area contributed by atoms with Crippen molar-refractivity contribution in [2.45, 2.75) is 32.7 Å². The molecule has 8 nitrogen and oxygen atoms in total. The number of amides is 2. The lowest BCUT2D eigenvalue weighted by atomic mass is 10.1. The maximum atomic E-state index is 12.7. The summed E-state index contributed by atoms with van der Waals surface area (Å²) in [6.07, 6.45) is -2.74. The summed E-state index contributed by atoms with van der Waals surface area (Å²) >= 11 is 0. The van der Waals surface area contributed by atoms with Gasteiger partial charge in [-0.05, 0) is 67.8 Å². The quantitative estimate of drug-likeness (QED) is 0.491. The van der Waals surface area contributed by atoms with Crippen LogP contribution in [-0.4, -0.2) is 59.0 Å². The molecule has 1 aromatic heterocycles. The SMILES string of the molecule is Cc1cc(C(=O)Nc2ccc(OC(F)(F)F)cc2)nn1Cc1cccc(N2CCN(C(=O)C3CC3)CC2)c1. The molecule has 200 valence electrons. The maximum Gasteiger partial charge on any atom is 0.573 e. The number of carbonyl (C=O) groups excluding carboxylic acids is 2. The van der Waals surface area contributed by atoms with Crippen LogP contribution in [0, 0.1) is 12.8 Å². The highest BCUT2D eigenvalue weighted by Crippen LogP contribution is 2.31. The number of nitrogens with one attached hydrogen (secondary N) is 1. The number of hydrogen-bond donors (Lipinski definition) is 1. The lowest BCUT2D eigenvalue weighted by Gasteiger charge is -2.36. The van der Waals surface area contributed by atoms with Crippen molar-refractivity contribution in [1.29, 1.82) is 0 Å². The van der Waals surface area contributed by atoms with E-state index in [0.717, 1.165) is 68.1 Å². The number of benzene rings is 2. The van der Waals surface area contributed by atoms with Crippen molar-refractivity contribution in [3.05, 3.63) is 71.5 Å². The molecule has 1 aliphatic carbocycles. The van der Waals surface area contributed by atoms with E-state index < -0.39 is 12.3 Å². The second-order valence-electron chi connectivity index (χ2n) is 9.61. The highest BCUT2D eigenvalue weighted by atomic mass is 19.4. The zero-order valence-corrected chi connectivity index (χ0v) is 20.9. The first-order chi connectivity index (χ1) is 18.1. The topological polar surface area (TPSA) is 79.7 Å². The van der Waals surface area contributed by atoms with Gasteiger partial charge in [0.1, 0.15) is 5.75 Å². The molecule has 2 aliphatic rings. The number of anilines is 2. The monoisotopic (exact) mass is 527 g/mol. The third-order valence-electron chi connectivity index (χ3n) is 6.69. The zero-order chi connectivity index (χ0) is 26.9. The van der Waals surface area contributed by atoms with Crippen LogP contribution in [0.4, 0.5) is 24.5 Å². The van der Waals surface area contributed by atoms with Crippen LogP contribution in [-0.2, 0) is 11.3 Å². The summed E-state index contributed by atoms with van der Waals surface area (Å²) in [7, 11) is 0. The van der Waals surface area contributed by atoms with Gasteiger partial charge >= 0.3 is 6.36 Å². The Balaban J connectivity index is 1.19. The molecule has 1 saturated heterocycles. The molecule has 0 atom stereocenters. The number of alkyl halides is 3. The number of aromatic nitrogens is 2. The van der Waals surface area contributed by atoms with Crippen LogP contribution in [0.1, 0.15) is 34.6 Å². The first-order valence-electron chi connectivity index (χ1n) is 12.5. The van der Waals surface area contributed by atoms with E-state index in [2.05, 4.69) is 32.2 Å². The van der Waals surface area contributed by atoms with Gasteiger partial charge in [-0.3, -0.25) is 14.3 Å². The Labute approximate surface area is 218 Å². The summed E-state index contributed by atoms with van der Waals surface area (Å²) in [6.45, 7) is 5.36. The molecule has 11 heteroatoms. The largest absolute Gasteiger partial charge is 0.573 e. The van der Waals surface area contributed by atoms with Crippen molar-refractivity contribution in [3.8, 4) is 5.75 Å². The fourth-order valence-corrected chi connectivity index (χ4v) is 4.51. The van der Waals surface area contributed by atoms with E-state index in [9.17, 15) is 22.8 Å². The van der Waals surface area contributed by atoms with E-state index in [1.807, 2.05) is 24.0 Å². The Hall–Kier alpha value is -4.02. The zero-order valence-electron chi connectivity index (χ0n) is 20.9. The van der Waals surface area contributed by atoms with Gasteiger partial charge in [0.05, 0.1) is 6.54 Å². The Morgan fingerprint density at radius 3 is 2.39 bits per heavy atom. The number of ether oxygens (including phenoxy) is 1. The van der Waals surface area contributed by atoms with E-state index in [1.54, 1.807) is 10.7 Å². The normalized spacial score (nSPS) is 15.9. The Kier molecular flexibility index (Phi) is 7.00. The van der Waals surface area contributed by atoms with E-state index >= 15 is 0 Å². The number of hydrogen-bond acceptors (Lipinski definition) is 5. The van der Waals surface area contributed by atoms with Gasteiger partial charge in [0, 0.05) is 49.2 Å².